The lowest BCUT2D eigenvalue weighted by Gasteiger charge is -2.11. The average molecular weight is 733 g/mol. The minimum absolute atomic E-state index is 0. The van der Waals surface area contributed by atoms with Crippen molar-refractivity contribution >= 4 is 64.0 Å². The van der Waals surface area contributed by atoms with E-state index in [9.17, 15) is 12.6 Å². The smallest absolute Gasteiger partial charge is 0.214 e. The van der Waals surface area contributed by atoms with Gasteiger partial charge in [-0.05, 0) is 48.7 Å². The largest absolute Gasteiger partial charge is 0.249 e. The van der Waals surface area contributed by atoms with Gasteiger partial charge >= 0.3 is 0 Å². The average Bonchev–Trinajstić information content (AvgIpc) is 2.95. The number of pyridine rings is 3. The van der Waals surface area contributed by atoms with Gasteiger partial charge in [-0.3, -0.25) is 0 Å². The maximum absolute atomic E-state index is 11.9. The minimum atomic E-state index is -2.55. The molecule has 0 saturated carbocycles. The molecule has 0 saturated heterocycles. The van der Waals surface area contributed by atoms with E-state index >= 15 is 0 Å². The summed E-state index contributed by atoms with van der Waals surface area (Å²) in [4.78, 5) is 11.6. The van der Waals surface area contributed by atoms with Gasteiger partial charge in [0, 0.05) is 37.4 Å². The standard InChI is InChI=1S/2C9H10ClN3OS.C8H8ClN3OS.CH4/c2*1-7(15(2,14)13-6-11)8-3-4-9(10)12-5-8;1-14(13,12-6-10)5-7-2-3-8(9)11-4-7;/h2*3-5,7H,1-2H3;2-4H,5H2,1H3;1H4. The van der Waals surface area contributed by atoms with E-state index in [-0.39, 0.29) is 23.7 Å². The van der Waals surface area contributed by atoms with Crippen LogP contribution in [-0.4, -0.2) is 46.3 Å². The van der Waals surface area contributed by atoms with Crippen LogP contribution in [0, 0.1) is 34.4 Å². The quantitative estimate of drug-likeness (QED) is 0.186. The Morgan fingerprint density at radius 1 is 0.667 bits per heavy atom. The third-order valence-corrected chi connectivity index (χ3v) is 11.7. The summed E-state index contributed by atoms with van der Waals surface area (Å²) in [7, 11) is -7.56. The molecule has 0 bridgehead atoms. The Bertz CT molecular complexity index is 1820. The minimum Gasteiger partial charge on any atom is -0.249 e. The molecule has 242 valence electrons. The molecule has 3 aromatic heterocycles. The van der Waals surface area contributed by atoms with Crippen LogP contribution in [0.4, 0.5) is 0 Å². The van der Waals surface area contributed by atoms with Crippen LogP contribution < -0.4 is 0 Å². The zero-order chi connectivity index (χ0) is 33.6. The molecule has 0 aromatic carbocycles. The summed E-state index contributed by atoms with van der Waals surface area (Å²) < 4.78 is 45.6. The van der Waals surface area contributed by atoms with Crippen LogP contribution in [-0.2, 0) is 34.9 Å². The molecule has 5 atom stereocenters. The molecule has 0 N–H and O–H groups in total. The number of hydrogen-bond acceptors (Lipinski definition) is 12. The Balaban J connectivity index is 0.000000639. The molecular weight excluding hydrogens is 701 g/mol. The van der Waals surface area contributed by atoms with Gasteiger partial charge in [-0.15, -0.1) is 13.1 Å². The zero-order valence-electron chi connectivity index (χ0n) is 24.2. The maximum Gasteiger partial charge on any atom is 0.214 e. The van der Waals surface area contributed by atoms with Crippen molar-refractivity contribution < 1.29 is 12.6 Å². The Kier molecular flexibility index (Phi) is 17.8. The van der Waals surface area contributed by atoms with E-state index in [0.29, 0.717) is 15.5 Å². The van der Waals surface area contributed by atoms with Gasteiger partial charge in [0.2, 0.25) is 18.6 Å². The van der Waals surface area contributed by atoms with E-state index in [1.165, 1.54) is 25.0 Å². The fourth-order valence-corrected chi connectivity index (χ4v) is 6.29. The van der Waals surface area contributed by atoms with E-state index in [2.05, 4.69) is 28.0 Å². The molecule has 3 rings (SSSR count). The predicted molar refractivity (Wildman–Crippen MR) is 181 cm³/mol. The first-order valence-corrected chi connectivity index (χ1v) is 19.3. The SMILES string of the molecule is C.CC(c1ccc(Cl)nc1)S(C)(=O)=NC#N.CC(c1ccc(Cl)nc1)S(C)(=O)=NC#N.CS(=O)(Cc1ccc(Cl)nc1)=NC#N. The molecule has 45 heavy (non-hydrogen) atoms. The van der Waals surface area contributed by atoms with Gasteiger partial charge in [0.1, 0.15) is 15.5 Å². The number of hydrogen-bond donors (Lipinski definition) is 0. The van der Waals surface area contributed by atoms with Crippen molar-refractivity contribution in [2.75, 3.05) is 18.8 Å². The van der Waals surface area contributed by atoms with Gasteiger partial charge in [-0.1, -0.05) is 60.4 Å². The van der Waals surface area contributed by atoms with Gasteiger partial charge in [-0.25, -0.2) is 27.6 Å². The highest BCUT2D eigenvalue weighted by Gasteiger charge is 2.17. The van der Waals surface area contributed by atoms with Crippen LogP contribution >= 0.6 is 34.8 Å². The third-order valence-electron chi connectivity index (χ3n) is 5.65. The summed E-state index contributed by atoms with van der Waals surface area (Å²) in [5, 5.41) is 25.6. The lowest BCUT2D eigenvalue weighted by molar-refractivity contribution is 0.672. The molecule has 3 aromatic rings. The molecule has 3 heterocycles. The molecule has 0 fully saturated rings. The second-order valence-electron chi connectivity index (χ2n) is 9.00. The van der Waals surface area contributed by atoms with Crippen molar-refractivity contribution in [1.29, 1.82) is 15.8 Å². The highest BCUT2D eigenvalue weighted by molar-refractivity contribution is 7.93. The number of aromatic nitrogens is 3. The first-order valence-electron chi connectivity index (χ1n) is 12.1. The van der Waals surface area contributed by atoms with E-state index in [0.717, 1.165) is 16.7 Å². The molecule has 18 heteroatoms. The molecule has 0 radical (unpaired) electrons. The Labute approximate surface area is 281 Å². The third kappa shape index (κ3) is 15.0. The highest BCUT2D eigenvalue weighted by Crippen LogP contribution is 2.23. The number of nitriles is 3. The molecule has 12 nitrogen and oxygen atoms in total. The van der Waals surface area contributed by atoms with Gasteiger partial charge in [-0.2, -0.15) is 15.8 Å². The lowest BCUT2D eigenvalue weighted by atomic mass is 10.2. The molecule has 0 aliphatic heterocycles. The van der Waals surface area contributed by atoms with Crippen LogP contribution in [0.5, 0.6) is 0 Å². The summed E-state index contributed by atoms with van der Waals surface area (Å²) in [6, 6.07) is 10.0. The first kappa shape index (κ1) is 41.6. The van der Waals surface area contributed by atoms with Crippen LogP contribution in [0.3, 0.4) is 0 Å². The molecule has 0 spiro atoms. The van der Waals surface area contributed by atoms with Gasteiger partial charge in [0.05, 0.1) is 45.4 Å². The number of halogens is 3. The normalized spacial score (nSPS) is 15.1. The summed E-state index contributed by atoms with van der Waals surface area (Å²) >= 11 is 16.9. The molecule has 0 aliphatic rings. The predicted octanol–water partition coefficient (Wildman–Crippen LogP) is 7.20. The highest BCUT2D eigenvalue weighted by atomic mass is 35.5. The van der Waals surface area contributed by atoms with E-state index in [4.69, 9.17) is 50.6 Å². The second kappa shape index (κ2) is 19.2. The van der Waals surface area contributed by atoms with Crippen molar-refractivity contribution in [3.63, 3.8) is 0 Å². The number of rotatable bonds is 6. The van der Waals surface area contributed by atoms with E-state index in [1.807, 2.05) is 0 Å². The summed E-state index contributed by atoms with van der Waals surface area (Å²) in [5.41, 5.74) is 2.26. The van der Waals surface area contributed by atoms with Gasteiger partial charge < -0.3 is 0 Å². The maximum atomic E-state index is 11.9. The van der Waals surface area contributed by atoms with Crippen molar-refractivity contribution in [3.05, 3.63) is 87.1 Å². The second-order valence-corrected chi connectivity index (χ2v) is 17.8. The first-order chi connectivity index (χ1) is 20.5. The van der Waals surface area contributed by atoms with Crippen LogP contribution in [0.15, 0.2) is 68.1 Å². The van der Waals surface area contributed by atoms with Crippen molar-refractivity contribution in [1.82, 2.24) is 15.0 Å². The number of nitrogens with zero attached hydrogens (tertiary/aromatic N) is 9. The fourth-order valence-electron chi connectivity index (χ4n) is 3.00. The molecule has 0 aliphatic carbocycles. The lowest BCUT2D eigenvalue weighted by Crippen LogP contribution is -2.07. The molecular formula is C27H32Cl3N9O3S3. The molecule has 0 amide bonds. The molecule has 5 unspecified atom stereocenters. The summed E-state index contributed by atoms with van der Waals surface area (Å²) in [6.07, 6.45) is 13.6. The van der Waals surface area contributed by atoms with Gasteiger partial charge in [0.15, 0.2) is 0 Å². The van der Waals surface area contributed by atoms with Gasteiger partial charge in [0.25, 0.3) is 0 Å². The fraction of sp³-hybridized carbons (Fsp3) is 0.333. The summed E-state index contributed by atoms with van der Waals surface area (Å²) in [5.74, 6) is 0.213. The Morgan fingerprint density at radius 3 is 1.31 bits per heavy atom. The summed E-state index contributed by atoms with van der Waals surface area (Å²) in [6.45, 7) is 3.49. The van der Waals surface area contributed by atoms with Crippen LogP contribution in [0.2, 0.25) is 15.5 Å². The van der Waals surface area contributed by atoms with Crippen molar-refractivity contribution in [2.24, 2.45) is 13.1 Å². The van der Waals surface area contributed by atoms with Crippen molar-refractivity contribution in [2.45, 2.75) is 37.5 Å². The van der Waals surface area contributed by atoms with Crippen LogP contribution in [0.1, 0.15) is 48.5 Å². The zero-order valence-corrected chi connectivity index (χ0v) is 28.9. The van der Waals surface area contributed by atoms with E-state index in [1.54, 1.807) is 81.2 Å². The van der Waals surface area contributed by atoms with E-state index < -0.39 is 29.2 Å². The Morgan fingerprint density at radius 2 is 1.02 bits per heavy atom. The van der Waals surface area contributed by atoms with Crippen LogP contribution in [0.25, 0.3) is 0 Å². The Hall–Kier alpha value is -3.36. The van der Waals surface area contributed by atoms with Crippen molar-refractivity contribution in [3.8, 4) is 18.6 Å². The monoisotopic (exact) mass is 731 g/mol. The topological polar surface area (TPSA) is 198 Å².